The van der Waals surface area contributed by atoms with Crippen molar-refractivity contribution in [1.82, 2.24) is 9.80 Å². The molecule has 3 heterocycles. The molecular formula is C20H25BN2O7. The van der Waals surface area contributed by atoms with E-state index in [0.29, 0.717) is 26.1 Å². The van der Waals surface area contributed by atoms with E-state index in [2.05, 4.69) is 4.90 Å². The van der Waals surface area contributed by atoms with Crippen molar-refractivity contribution < 1.29 is 33.8 Å². The number of nitrogens with zero attached hydrogens (tertiary/aromatic N) is 2. The van der Waals surface area contributed by atoms with Gasteiger partial charge >= 0.3 is 13.1 Å². The number of fused-ring (bicyclic) bond motifs is 3. The fourth-order valence-corrected chi connectivity index (χ4v) is 4.61. The highest BCUT2D eigenvalue weighted by Gasteiger charge is 2.54. The molecule has 1 saturated carbocycles. The van der Waals surface area contributed by atoms with Crippen molar-refractivity contribution in [1.29, 1.82) is 0 Å². The van der Waals surface area contributed by atoms with Crippen LogP contribution >= 0.6 is 0 Å². The van der Waals surface area contributed by atoms with Gasteiger partial charge in [-0.3, -0.25) is 4.79 Å². The van der Waals surface area contributed by atoms with Crippen LogP contribution < -0.4 is 9.39 Å². The van der Waals surface area contributed by atoms with Gasteiger partial charge in [0, 0.05) is 18.9 Å². The molecule has 10 heteroatoms. The summed E-state index contributed by atoms with van der Waals surface area (Å²) < 4.78 is 17.1. The van der Waals surface area contributed by atoms with E-state index in [0.717, 1.165) is 25.1 Å². The molecule has 0 spiro atoms. The van der Waals surface area contributed by atoms with Crippen molar-refractivity contribution in [3.8, 4) is 11.5 Å². The maximum Gasteiger partial charge on any atom is 0.526 e. The Hall–Kier alpha value is -2.30. The third-order valence-electron chi connectivity index (χ3n) is 6.45. The van der Waals surface area contributed by atoms with Crippen LogP contribution in [0, 0.1) is 0 Å². The summed E-state index contributed by atoms with van der Waals surface area (Å²) in [5.74, 6) is -0.526. The van der Waals surface area contributed by atoms with E-state index in [1.165, 1.54) is 0 Å². The smallest absolute Gasteiger partial charge is 0.526 e. The van der Waals surface area contributed by atoms with Gasteiger partial charge in [0.1, 0.15) is 23.2 Å². The number of rotatable bonds is 5. The lowest BCUT2D eigenvalue weighted by molar-refractivity contribution is -0.144. The molecule has 3 aliphatic heterocycles. The third-order valence-corrected chi connectivity index (χ3v) is 6.45. The van der Waals surface area contributed by atoms with Crippen LogP contribution in [0.1, 0.15) is 34.7 Å². The molecule has 1 aromatic rings. The van der Waals surface area contributed by atoms with Gasteiger partial charge in [-0.2, -0.15) is 0 Å². The van der Waals surface area contributed by atoms with E-state index in [4.69, 9.17) is 14.1 Å². The first kappa shape index (κ1) is 19.7. The lowest BCUT2D eigenvalue weighted by Gasteiger charge is -2.40. The number of aromatic carboxylic acids is 1. The zero-order chi connectivity index (χ0) is 21.0. The SMILES string of the molecule is CN1CCO[C@H](CC(=O)N2CC(Oc3ccc4c(c3C(=O)O)OB(O)[C@H]3C[C@@H]43)C2)C1. The second kappa shape index (κ2) is 7.44. The van der Waals surface area contributed by atoms with Gasteiger partial charge < -0.3 is 34.1 Å². The van der Waals surface area contributed by atoms with Gasteiger partial charge in [0.15, 0.2) is 0 Å². The average molecular weight is 416 g/mol. The van der Waals surface area contributed by atoms with Crippen molar-refractivity contribution in [2.24, 2.45) is 0 Å². The zero-order valence-corrected chi connectivity index (χ0v) is 16.8. The first-order valence-electron chi connectivity index (χ1n) is 10.4. The summed E-state index contributed by atoms with van der Waals surface area (Å²) in [5.41, 5.74) is 0.762. The lowest BCUT2D eigenvalue weighted by atomic mass is 9.77. The molecule has 30 heavy (non-hydrogen) atoms. The molecule has 4 aliphatic rings. The van der Waals surface area contributed by atoms with Gasteiger partial charge in [0.2, 0.25) is 5.91 Å². The number of carboxylic acid groups (broad SMARTS) is 1. The molecule has 9 nitrogen and oxygen atoms in total. The van der Waals surface area contributed by atoms with Crippen LogP contribution in [-0.2, 0) is 9.53 Å². The first-order valence-corrected chi connectivity index (χ1v) is 10.4. The van der Waals surface area contributed by atoms with E-state index >= 15 is 0 Å². The van der Waals surface area contributed by atoms with Gasteiger partial charge in [-0.1, -0.05) is 6.07 Å². The number of likely N-dealkylation sites (tertiary alicyclic amines) is 1. The van der Waals surface area contributed by atoms with Crippen LogP contribution in [0.5, 0.6) is 11.5 Å². The highest BCUT2D eigenvalue weighted by atomic mass is 16.5. The van der Waals surface area contributed by atoms with Crippen molar-refractivity contribution in [3.63, 3.8) is 0 Å². The fourth-order valence-electron chi connectivity index (χ4n) is 4.61. The van der Waals surface area contributed by atoms with Crippen molar-refractivity contribution in [2.75, 3.05) is 39.8 Å². The Morgan fingerprint density at radius 2 is 2.10 bits per heavy atom. The Morgan fingerprint density at radius 3 is 2.83 bits per heavy atom. The van der Waals surface area contributed by atoms with E-state index < -0.39 is 13.1 Å². The Bertz CT molecular complexity index is 875. The number of carbonyl (C=O) groups excluding carboxylic acids is 1. The molecule has 0 unspecified atom stereocenters. The molecule has 1 aromatic carbocycles. The summed E-state index contributed by atoms with van der Waals surface area (Å²) in [4.78, 5) is 28.2. The van der Waals surface area contributed by atoms with Gasteiger partial charge in [0.25, 0.3) is 0 Å². The number of morpholine rings is 1. The zero-order valence-electron chi connectivity index (χ0n) is 16.8. The van der Waals surface area contributed by atoms with Crippen LogP contribution in [0.3, 0.4) is 0 Å². The summed E-state index contributed by atoms with van der Waals surface area (Å²) in [6.45, 7) is 3.07. The maximum atomic E-state index is 12.5. The number of carboxylic acids is 1. The average Bonchev–Trinajstić information content (AvgIpc) is 3.45. The molecule has 3 fully saturated rings. The molecule has 160 valence electrons. The Labute approximate surface area is 174 Å². The number of hydrogen-bond acceptors (Lipinski definition) is 7. The summed E-state index contributed by atoms with van der Waals surface area (Å²) in [5, 5.41) is 19.8. The number of likely N-dealkylation sites (N-methyl/N-ethyl adjacent to an activating group) is 1. The number of amides is 1. The molecule has 2 saturated heterocycles. The molecule has 0 bridgehead atoms. The minimum Gasteiger partial charge on any atom is -0.535 e. The molecule has 5 rings (SSSR count). The fraction of sp³-hybridized carbons (Fsp3) is 0.600. The molecular weight excluding hydrogens is 391 g/mol. The second-order valence-electron chi connectivity index (χ2n) is 8.67. The van der Waals surface area contributed by atoms with Crippen molar-refractivity contribution in [2.45, 2.75) is 36.8 Å². The van der Waals surface area contributed by atoms with Crippen LogP contribution in [0.15, 0.2) is 12.1 Å². The van der Waals surface area contributed by atoms with Crippen LogP contribution in [0.4, 0.5) is 0 Å². The Morgan fingerprint density at radius 1 is 1.30 bits per heavy atom. The van der Waals surface area contributed by atoms with Gasteiger partial charge in [-0.25, -0.2) is 4.79 Å². The van der Waals surface area contributed by atoms with Crippen LogP contribution in [0.2, 0.25) is 5.82 Å². The topological polar surface area (TPSA) is 109 Å². The molecule has 0 radical (unpaired) electrons. The lowest BCUT2D eigenvalue weighted by Crippen LogP contribution is -2.57. The van der Waals surface area contributed by atoms with Crippen molar-refractivity contribution in [3.05, 3.63) is 23.3 Å². The van der Waals surface area contributed by atoms with E-state index in [1.807, 2.05) is 13.1 Å². The minimum absolute atomic E-state index is 0.0188. The summed E-state index contributed by atoms with van der Waals surface area (Å²) in [6, 6.07) is 3.49. The monoisotopic (exact) mass is 416 g/mol. The van der Waals surface area contributed by atoms with Crippen LogP contribution in [0.25, 0.3) is 0 Å². The van der Waals surface area contributed by atoms with Gasteiger partial charge in [-0.15, -0.1) is 0 Å². The molecule has 1 aliphatic carbocycles. The summed E-state index contributed by atoms with van der Waals surface area (Å²) >= 11 is 0. The number of carbonyl (C=O) groups is 2. The Balaban J connectivity index is 1.22. The van der Waals surface area contributed by atoms with Crippen LogP contribution in [-0.4, -0.2) is 91.0 Å². The molecule has 2 N–H and O–H groups in total. The highest BCUT2D eigenvalue weighted by Crippen LogP contribution is 2.60. The number of hydrogen-bond donors (Lipinski definition) is 2. The molecule has 3 atom stereocenters. The third kappa shape index (κ3) is 3.53. The standard InChI is InChI=1S/C20H25BN2O7/c1-22-4-5-28-11(8-22)6-17(24)23-9-12(10-23)29-16-3-2-13-14-7-15(14)21(27)30-19(13)18(16)20(25)26/h2-3,11-12,14-15,27H,4-10H2,1H3,(H,25,26)/t11-,14+,15+/m1/s1. The first-order chi connectivity index (χ1) is 14.4. The predicted octanol–water partition coefficient (Wildman–Crippen LogP) is 0.425. The minimum atomic E-state index is -1.15. The maximum absolute atomic E-state index is 12.5. The van der Waals surface area contributed by atoms with E-state index in [-0.39, 0.29) is 46.9 Å². The second-order valence-corrected chi connectivity index (χ2v) is 8.67. The normalized spacial score (nSPS) is 28.1. The highest BCUT2D eigenvalue weighted by molar-refractivity contribution is 6.48. The van der Waals surface area contributed by atoms with E-state index in [1.54, 1.807) is 11.0 Å². The van der Waals surface area contributed by atoms with E-state index in [9.17, 15) is 19.7 Å². The number of ether oxygens (including phenoxy) is 2. The molecule has 1 amide bonds. The summed E-state index contributed by atoms with van der Waals surface area (Å²) in [7, 11) is 1.03. The predicted molar refractivity (Wildman–Crippen MR) is 106 cm³/mol. The van der Waals surface area contributed by atoms with Gasteiger partial charge in [-0.05, 0) is 31.0 Å². The largest absolute Gasteiger partial charge is 0.535 e. The quantitative estimate of drug-likeness (QED) is 0.666. The Kier molecular flexibility index (Phi) is 4.87. The summed E-state index contributed by atoms with van der Waals surface area (Å²) in [6.07, 6.45) is 0.769. The number of benzene rings is 1. The molecule has 0 aromatic heterocycles. The van der Waals surface area contributed by atoms with Gasteiger partial charge in [0.05, 0.1) is 32.2 Å². The van der Waals surface area contributed by atoms with Crippen molar-refractivity contribution >= 4 is 19.0 Å².